The zero-order valence-corrected chi connectivity index (χ0v) is 12.4. The fourth-order valence-electron chi connectivity index (χ4n) is 1.95. The molecule has 1 heterocycles. The largest absolute Gasteiger partial charge is 0.323 e. The van der Waals surface area contributed by atoms with Gasteiger partial charge in [0.1, 0.15) is 0 Å². The van der Waals surface area contributed by atoms with Gasteiger partial charge in [-0.2, -0.15) is 0 Å². The first kappa shape index (κ1) is 14.5. The topological polar surface area (TPSA) is 68.0 Å². The third-order valence-electron chi connectivity index (χ3n) is 3.33. The number of hydrogen-bond acceptors (Lipinski definition) is 3. The third-order valence-corrected chi connectivity index (χ3v) is 3.33. The molecule has 2 aromatic rings. The predicted octanol–water partition coefficient (Wildman–Crippen LogP) is 2.86. The smallest absolute Gasteiger partial charge is 0.241 e. The van der Waals surface area contributed by atoms with E-state index in [9.17, 15) is 4.79 Å². The minimum absolute atomic E-state index is 0.187. The number of amides is 1. The lowest BCUT2D eigenvalue weighted by atomic mass is 9.87. The van der Waals surface area contributed by atoms with E-state index in [0.717, 1.165) is 16.6 Å². The number of fused-ring (bicyclic) bond motifs is 1. The van der Waals surface area contributed by atoms with Gasteiger partial charge in [0.25, 0.3) is 0 Å². The molecule has 0 fully saturated rings. The molecule has 3 N–H and O–H groups in total. The molecule has 0 aliphatic carbocycles. The lowest BCUT2D eigenvalue weighted by molar-refractivity contribution is -0.119. The number of rotatable bonds is 2. The second-order valence-corrected chi connectivity index (χ2v) is 6.16. The van der Waals surface area contributed by atoms with Gasteiger partial charge < -0.3 is 11.1 Å². The van der Waals surface area contributed by atoms with Crippen LogP contribution in [-0.4, -0.2) is 16.9 Å². The van der Waals surface area contributed by atoms with Crippen molar-refractivity contribution in [1.29, 1.82) is 0 Å². The minimum atomic E-state index is -0.567. The minimum Gasteiger partial charge on any atom is -0.323 e. The molecule has 4 heteroatoms. The van der Waals surface area contributed by atoms with Crippen molar-refractivity contribution in [1.82, 2.24) is 4.98 Å². The summed E-state index contributed by atoms with van der Waals surface area (Å²) in [5.41, 5.74) is 8.12. The van der Waals surface area contributed by atoms with Gasteiger partial charge in [-0.3, -0.25) is 9.78 Å². The highest BCUT2D eigenvalue weighted by molar-refractivity contribution is 6.02. The van der Waals surface area contributed by atoms with Crippen LogP contribution < -0.4 is 11.1 Å². The summed E-state index contributed by atoms with van der Waals surface area (Å²) in [6, 6.07) is 9.11. The van der Waals surface area contributed by atoms with Gasteiger partial charge in [-0.15, -0.1) is 0 Å². The summed E-state index contributed by atoms with van der Waals surface area (Å²) in [5.74, 6) is -0.187. The summed E-state index contributed by atoms with van der Waals surface area (Å²) in [4.78, 5) is 16.7. The number of benzene rings is 1. The van der Waals surface area contributed by atoms with E-state index < -0.39 is 6.04 Å². The molecule has 106 valence electrons. The van der Waals surface area contributed by atoms with Gasteiger partial charge in [0.05, 0.1) is 17.2 Å². The molecule has 0 bridgehead atoms. The Labute approximate surface area is 119 Å². The number of carbonyl (C=O) groups excluding carboxylic acids is 1. The van der Waals surface area contributed by atoms with Crippen molar-refractivity contribution >= 4 is 22.5 Å². The molecule has 1 unspecified atom stereocenters. The predicted molar refractivity (Wildman–Crippen MR) is 82.5 cm³/mol. The second kappa shape index (κ2) is 5.21. The first-order chi connectivity index (χ1) is 9.29. The van der Waals surface area contributed by atoms with Gasteiger partial charge in [0.2, 0.25) is 5.91 Å². The maximum absolute atomic E-state index is 12.2. The quantitative estimate of drug-likeness (QED) is 0.882. The summed E-state index contributed by atoms with van der Waals surface area (Å²) in [6.07, 6.45) is 0. The molecule has 0 saturated heterocycles. The van der Waals surface area contributed by atoms with Gasteiger partial charge in [-0.1, -0.05) is 39.0 Å². The van der Waals surface area contributed by atoms with Gasteiger partial charge in [0, 0.05) is 11.1 Å². The number of anilines is 1. The van der Waals surface area contributed by atoms with Crippen molar-refractivity contribution in [2.24, 2.45) is 11.1 Å². The number of nitrogens with two attached hydrogens (primary N) is 1. The molecule has 0 spiro atoms. The van der Waals surface area contributed by atoms with E-state index in [1.807, 2.05) is 58.0 Å². The van der Waals surface area contributed by atoms with Gasteiger partial charge in [-0.25, -0.2) is 0 Å². The number of nitrogens with zero attached hydrogens (tertiary/aromatic N) is 1. The Balaban J connectivity index is 2.35. The molecular weight excluding hydrogens is 250 g/mol. The van der Waals surface area contributed by atoms with Crippen molar-refractivity contribution in [3.8, 4) is 0 Å². The van der Waals surface area contributed by atoms with Crippen LogP contribution >= 0.6 is 0 Å². The molecule has 0 aliphatic rings. The van der Waals surface area contributed by atoms with Crippen LogP contribution in [0.2, 0.25) is 0 Å². The van der Waals surface area contributed by atoms with Crippen molar-refractivity contribution in [2.75, 3.05) is 5.32 Å². The van der Waals surface area contributed by atoms with E-state index >= 15 is 0 Å². The van der Waals surface area contributed by atoms with Crippen LogP contribution in [0, 0.1) is 12.3 Å². The van der Waals surface area contributed by atoms with Crippen LogP contribution in [0.25, 0.3) is 10.9 Å². The fraction of sp³-hybridized carbons (Fsp3) is 0.375. The zero-order valence-electron chi connectivity index (χ0n) is 12.4. The highest BCUT2D eigenvalue weighted by Crippen LogP contribution is 2.24. The summed E-state index contributed by atoms with van der Waals surface area (Å²) in [5, 5.41) is 3.89. The van der Waals surface area contributed by atoms with E-state index in [-0.39, 0.29) is 11.3 Å². The normalized spacial score (nSPS) is 13.2. The molecule has 1 amide bonds. The van der Waals surface area contributed by atoms with Gasteiger partial charge in [-0.05, 0) is 24.5 Å². The van der Waals surface area contributed by atoms with Crippen LogP contribution in [0.1, 0.15) is 26.5 Å². The van der Waals surface area contributed by atoms with E-state index in [1.54, 1.807) is 0 Å². The molecule has 1 aromatic carbocycles. The second-order valence-electron chi connectivity index (χ2n) is 6.16. The van der Waals surface area contributed by atoms with E-state index in [4.69, 9.17) is 5.73 Å². The molecule has 1 atom stereocenters. The summed E-state index contributed by atoms with van der Waals surface area (Å²) in [6.45, 7) is 7.77. The number of aryl methyl sites for hydroxylation is 1. The third kappa shape index (κ3) is 2.96. The number of nitrogens with one attached hydrogen (secondary N) is 1. The van der Waals surface area contributed by atoms with Crippen LogP contribution in [0.3, 0.4) is 0 Å². The first-order valence-electron chi connectivity index (χ1n) is 6.72. The summed E-state index contributed by atoms with van der Waals surface area (Å²) >= 11 is 0. The average molecular weight is 271 g/mol. The van der Waals surface area contributed by atoms with Gasteiger partial charge in [0.15, 0.2) is 0 Å². The molecule has 4 nitrogen and oxygen atoms in total. The number of aromatic nitrogens is 1. The monoisotopic (exact) mass is 271 g/mol. The Morgan fingerprint density at radius 1 is 1.25 bits per heavy atom. The molecule has 0 saturated carbocycles. The molecule has 0 aliphatic heterocycles. The van der Waals surface area contributed by atoms with Crippen molar-refractivity contribution in [3.63, 3.8) is 0 Å². The van der Waals surface area contributed by atoms with Crippen LogP contribution in [0.4, 0.5) is 5.69 Å². The maximum atomic E-state index is 12.2. The highest BCUT2D eigenvalue weighted by atomic mass is 16.2. The van der Waals surface area contributed by atoms with Crippen molar-refractivity contribution in [2.45, 2.75) is 33.7 Å². The fourth-order valence-corrected chi connectivity index (χ4v) is 1.95. The SMILES string of the molecule is Cc1ccc2cccc(NC(=O)C(N)C(C)(C)C)c2n1. The number of carbonyl (C=O) groups is 1. The van der Waals surface area contributed by atoms with E-state index in [1.165, 1.54) is 0 Å². The zero-order chi connectivity index (χ0) is 14.9. The molecule has 2 rings (SSSR count). The van der Waals surface area contributed by atoms with E-state index in [2.05, 4.69) is 10.3 Å². The number of para-hydroxylation sites is 1. The Morgan fingerprint density at radius 3 is 2.60 bits per heavy atom. The molecule has 0 radical (unpaired) electrons. The van der Waals surface area contributed by atoms with Crippen molar-refractivity contribution in [3.05, 3.63) is 36.0 Å². The maximum Gasteiger partial charge on any atom is 0.241 e. The summed E-state index contributed by atoms with van der Waals surface area (Å²) in [7, 11) is 0. The van der Waals surface area contributed by atoms with Crippen LogP contribution in [0.15, 0.2) is 30.3 Å². The molecule has 20 heavy (non-hydrogen) atoms. The standard InChI is InChI=1S/C16H21N3O/c1-10-8-9-11-6-5-7-12(13(11)18-10)19-15(20)14(17)16(2,3)4/h5-9,14H,17H2,1-4H3,(H,19,20). The van der Waals surface area contributed by atoms with E-state index in [0.29, 0.717) is 5.69 Å². The molecule has 1 aromatic heterocycles. The first-order valence-corrected chi connectivity index (χ1v) is 6.72. The average Bonchev–Trinajstić information content (AvgIpc) is 2.37. The number of pyridine rings is 1. The van der Waals surface area contributed by atoms with Crippen molar-refractivity contribution < 1.29 is 4.79 Å². The van der Waals surface area contributed by atoms with Gasteiger partial charge >= 0.3 is 0 Å². The van der Waals surface area contributed by atoms with Crippen LogP contribution in [-0.2, 0) is 4.79 Å². The molecular formula is C16H21N3O. The van der Waals surface area contributed by atoms with Crippen LogP contribution in [0.5, 0.6) is 0 Å². The Bertz CT molecular complexity index is 644. The Hall–Kier alpha value is -1.94. The highest BCUT2D eigenvalue weighted by Gasteiger charge is 2.27. The summed E-state index contributed by atoms with van der Waals surface area (Å²) < 4.78 is 0. The lowest BCUT2D eigenvalue weighted by Gasteiger charge is -2.26. The Morgan fingerprint density at radius 2 is 1.95 bits per heavy atom. The Kier molecular flexibility index (Phi) is 3.77. The number of hydrogen-bond donors (Lipinski definition) is 2. The lowest BCUT2D eigenvalue weighted by Crippen LogP contribution is -2.45.